The zero-order valence-electron chi connectivity index (χ0n) is 8.53. The van der Waals surface area contributed by atoms with E-state index < -0.39 is 0 Å². The number of amides is 1. The van der Waals surface area contributed by atoms with Crippen molar-refractivity contribution in [3.63, 3.8) is 0 Å². The Kier molecular flexibility index (Phi) is 3.36. The predicted octanol–water partition coefficient (Wildman–Crippen LogP) is 2.27. The maximum atomic E-state index is 11.2. The molecule has 2 N–H and O–H groups in total. The molecule has 1 aliphatic heterocycles. The molecule has 1 aromatic carbocycles. The molecule has 4 nitrogen and oxygen atoms in total. The van der Waals surface area contributed by atoms with Gasteiger partial charge in [0, 0.05) is 5.02 Å². The third-order valence-corrected chi connectivity index (χ3v) is 3.25. The number of thioether (sulfide) groups is 1. The molecule has 0 aromatic heterocycles. The largest absolute Gasteiger partial charge is 0.303 e. The minimum Gasteiger partial charge on any atom is -0.303 e. The van der Waals surface area contributed by atoms with E-state index in [9.17, 15) is 4.79 Å². The van der Waals surface area contributed by atoms with Crippen molar-refractivity contribution < 1.29 is 4.79 Å². The average Bonchev–Trinajstić information content (AvgIpc) is 2.58. The molecule has 0 saturated carbocycles. The van der Waals surface area contributed by atoms with E-state index in [1.54, 1.807) is 12.1 Å². The number of rotatable bonds is 2. The normalized spacial score (nSPS) is 22.2. The first kappa shape index (κ1) is 11.3. The molecule has 1 aliphatic rings. The van der Waals surface area contributed by atoms with Crippen LogP contribution in [-0.4, -0.2) is 16.3 Å². The van der Waals surface area contributed by atoms with Crippen LogP contribution in [0, 0.1) is 0 Å². The number of benzene rings is 1. The molecule has 1 atom stereocenters. The zero-order chi connectivity index (χ0) is 11.5. The lowest BCUT2D eigenvalue weighted by atomic mass is 10.3. The number of nitrogens with one attached hydrogen (secondary N) is 2. The van der Waals surface area contributed by atoms with Crippen LogP contribution in [0.1, 0.15) is 6.92 Å². The lowest BCUT2D eigenvalue weighted by Crippen LogP contribution is -2.23. The number of carbonyl (C=O) groups excluding carboxylic acids is 1. The summed E-state index contributed by atoms with van der Waals surface area (Å²) < 4.78 is 0. The average molecular weight is 256 g/mol. The Morgan fingerprint density at radius 1 is 1.44 bits per heavy atom. The van der Waals surface area contributed by atoms with E-state index in [1.807, 2.05) is 19.1 Å². The Morgan fingerprint density at radius 3 is 2.69 bits per heavy atom. The SMILES string of the molecule is C[C@@H]1S/C(=N\Nc2ccc(Cl)cc2)NC1=O. The van der Waals surface area contributed by atoms with Crippen molar-refractivity contribution >= 4 is 40.1 Å². The molecule has 0 bridgehead atoms. The molecular weight excluding hydrogens is 246 g/mol. The Bertz CT molecular complexity index is 432. The fourth-order valence-electron chi connectivity index (χ4n) is 1.15. The summed E-state index contributed by atoms with van der Waals surface area (Å²) >= 11 is 7.15. The lowest BCUT2D eigenvalue weighted by Gasteiger charge is -2.00. The zero-order valence-corrected chi connectivity index (χ0v) is 10.1. The molecule has 0 radical (unpaired) electrons. The summed E-state index contributed by atoms with van der Waals surface area (Å²) in [4.78, 5) is 11.2. The van der Waals surface area contributed by atoms with Crippen LogP contribution in [0.4, 0.5) is 5.69 Å². The van der Waals surface area contributed by atoms with Gasteiger partial charge in [0.1, 0.15) is 0 Å². The molecule has 84 valence electrons. The highest BCUT2D eigenvalue weighted by molar-refractivity contribution is 8.15. The highest BCUT2D eigenvalue weighted by Gasteiger charge is 2.25. The molecule has 0 aliphatic carbocycles. The van der Waals surface area contributed by atoms with E-state index in [0.717, 1.165) is 5.69 Å². The second kappa shape index (κ2) is 4.76. The third-order valence-electron chi connectivity index (χ3n) is 2.02. The first-order valence-corrected chi connectivity index (χ1v) is 5.98. The summed E-state index contributed by atoms with van der Waals surface area (Å²) in [7, 11) is 0. The summed E-state index contributed by atoms with van der Waals surface area (Å²) in [6, 6.07) is 7.18. The quantitative estimate of drug-likeness (QED) is 0.797. The smallest absolute Gasteiger partial charge is 0.239 e. The van der Waals surface area contributed by atoms with Gasteiger partial charge in [0.05, 0.1) is 10.9 Å². The first-order valence-electron chi connectivity index (χ1n) is 4.72. The second-order valence-electron chi connectivity index (χ2n) is 3.28. The molecule has 1 amide bonds. The molecule has 0 unspecified atom stereocenters. The first-order chi connectivity index (χ1) is 7.65. The van der Waals surface area contributed by atoms with Gasteiger partial charge in [-0.15, -0.1) is 5.10 Å². The van der Waals surface area contributed by atoms with Crippen LogP contribution in [-0.2, 0) is 4.79 Å². The fraction of sp³-hybridized carbons (Fsp3) is 0.200. The minimum absolute atomic E-state index is 0.0124. The van der Waals surface area contributed by atoms with Crippen LogP contribution in [0.15, 0.2) is 29.4 Å². The van der Waals surface area contributed by atoms with Gasteiger partial charge >= 0.3 is 0 Å². The van der Waals surface area contributed by atoms with Gasteiger partial charge < -0.3 is 5.32 Å². The summed E-state index contributed by atoms with van der Waals surface area (Å²) in [6.07, 6.45) is 0. The van der Waals surface area contributed by atoms with Crippen LogP contribution in [0.2, 0.25) is 5.02 Å². The second-order valence-corrected chi connectivity index (χ2v) is 5.05. The molecule has 1 heterocycles. The number of carbonyl (C=O) groups is 1. The highest BCUT2D eigenvalue weighted by atomic mass is 35.5. The monoisotopic (exact) mass is 255 g/mol. The summed E-state index contributed by atoms with van der Waals surface area (Å²) in [6.45, 7) is 1.84. The van der Waals surface area contributed by atoms with Crippen LogP contribution < -0.4 is 10.7 Å². The Morgan fingerprint density at radius 2 is 2.12 bits per heavy atom. The van der Waals surface area contributed by atoms with E-state index in [2.05, 4.69) is 15.8 Å². The number of nitrogens with zero attached hydrogens (tertiary/aromatic N) is 1. The molecule has 16 heavy (non-hydrogen) atoms. The predicted molar refractivity (Wildman–Crippen MR) is 67.7 cm³/mol. The topological polar surface area (TPSA) is 53.5 Å². The van der Waals surface area contributed by atoms with E-state index >= 15 is 0 Å². The number of hydrazone groups is 1. The van der Waals surface area contributed by atoms with Gasteiger partial charge in [-0.3, -0.25) is 10.2 Å². The van der Waals surface area contributed by atoms with E-state index in [0.29, 0.717) is 10.2 Å². The van der Waals surface area contributed by atoms with Crippen LogP contribution in [0.3, 0.4) is 0 Å². The third kappa shape index (κ3) is 2.68. The number of amidine groups is 1. The molecule has 1 fully saturated rings. The van der Waals surface area contributed by atoms with Gasteiger partial charge in [-0.1, -0.05) is 23.4 Å². The molecule has 2 rings (SSSR count). The fourth-order valence-corrected chi connectivity index (χ4v) is 2.04. The van der Waals surface area contributed by atoms with Gasteiger partial charge in [-0.25, -0.2) is 0 Å². The lowest BCUT2D eigenvalue weighted by molar-refractivity contribution is -0.118. The van der Waals surface area contributed by atoms with Crippen molar-refractivity contribution in [3.8, 4) is 0 Å². The van der Waals surface area contributed by atoms with Gasteiger partial charge in [-0.05, 0) is 31.2 Å². The van der Waals surface area contributed by atoms with E-state index in [4.69, 9.17) is 11.6 Å². The number of hydrogen-bond acceptors (Lipinski definition) is 4. The van der Waals surface area contributed by atoms with Gasteiger partial charge in [0.15, 0.2) is 5.17 Å². The van der Waals surface area contributed by atoms with Crippen LogP contribution in [0.5, 0.6) is 0 Å². The Labute approximate surface area is 102 Å². The molecule has 0 spiro atoms. The van der Waals surface area contributed by atoms with Gasteiger partial charge in [0.25, 0.3) is 0 Å². The highest BCUT2D eigenvalue weighted by Crippen LogP contribution is 2.19. The van der Waals surface area contributed by atoms with E-state index in [1.165, 1.54) is 11.8 Å². The Hall–Kier alpha value is -1.20. The summed E-state index contributed by atoms with van der Waals surface area (Å²) in [5.74, 6) is -0.0124. The van der Waals surface area contributed by atoms with Crippen molar-refractivity contribution in [2.75, 3.05) is 5.43 Å². The van der Waals surface area contributed by atoms with Crippen molar-refractivity contribution in [2.24, 2.45) is 5.10 Å². The molecule has 1 saturated heterocycles. The number of hydrogen-bond donors (Lipinski definition) is 2. The molecule has 1 aromatic rings. The van der Waals surface area contributed by atoms with Crippen molar-refractivity contribution in [2.45, 2.75) is 12.2 Å². The minimum atomic E-state index is -0.0780. The van der Waals surface area contributed by atoms with Crippen molar-refractivity contribution in [3.05, 3.63) is 29.3 Å². The number of anilines is 1. The summed E-state index contributed by atoms with van der Waals surface area (Å²) in [5.41, 5.74) is 3.67. The standard InChI is InChI=1S/C10H10ClN3OS/c1-6-9(15)12-10(16-6)14-13-8-4-2-7(11)3-5-8/h2-6,13H,1H3,(H,12,14,15)/t6-/m0/s1. The van der Waals surface area contributed by atoms with Crippen molar-refractivity contribution in [1.29, 1.82) is 0 Å². The number of halogens is 1. The molecule has 6 heteroatoms. The van der Waals surface area contributed by atoms with Crippen LogP contribution in [0.25, 0.3) is 0 Å². The van der Waals surface area contributed by atoms with Gasteiger partial charge in [0.2, 0.25) is 5.91 Å². The maximum absolute atomic E-state index is 11.2. The molecular formula is C10H10ClN3OS. The maximum Gasteiger partial charge on any atom is 0.239 e. The van der Waals surface area contributed by atoms with Gasteiger partial charge in [-0.2, -0.15) is 0 Å². The van der Waals surface area contributed by atoms with E-state index in [-0.39, 0.29) is 11.2 Å². The Balaban J connectivity index is 1.99. The summed E-state index contributed by atoms with van der Waals surface area (Å²) in [5, 5.41) is 7.94. The van der Waals surface area contributed by atoms with Crippen LogP contribution >= 0.6 is 23.4 Å². The van der Waals surface area contributed by atoms with Crippen molar-refractivity contribution in [1.82, 2.24) is 5.32 Å².